The van der Waals surface area contributed by atoms with Gasteiger partial charge >= 0.3 is 5.97 Å². The molecule has 1 N–H and O–H groups in total. The van der Waals surface area contributed by atoms with Crippen LogP contribution < -0.4 is 0 Å². The van der Waals surface area contributed by atoms with E-state index in [1.165, 1.54) is 11.1 Å². The molecule has 0 aliphatic carbocycles. The van der Waals surface area contributed by atoms with E-state index in [-0.39, 0.29) is 12.3 Å². The van der Waals surface area contributed by atoms with E-state index in [0.717, 1.165) is 11.1 Å². The number of carbonyl (C=O) groups is 1. The van der Waals surface area contributed by atoms with Crippen LogP contribution in [-0.2, 0) is 4.79 Å². The van der Waals surface area contributed by atoms with E-state index in [0.29, 0.717) is 5.92 Å². The Labute approximate surface area is 126 Å². The molecule has 0 aliphatic rings. The quantitative estimate of drug-likeness (QED) is 0.861. The zero-order valence-corrected chi connectivity index (χ0v) is 12.8. The Morgan fingerprint density at radius 3 is 1.76 bits per heavy atom. The van der Waals surface area contributed by atoms with Crippen LogP contribution in [0.2, 0.25) is 0 Å². The summed E-state index contributed by atoms with van der Waals surface area (Å²) < 4.78 is 0. The molecule has 0 saturated carbocycles. The van der Waals surface area contributed by atoms with Crippen molar-refractivity contribution in [3.8, 4) is 0 Å². The third-order valence-corrected chi connectivity index (χ3v) is 3.86. The Balaban J connectivity index is 2.35. The van der Waals surface area contributed by atoms with Crippen molar-refractivity contribution >= 4 is 5.97 Å². The first-order chi connectivity index (χ1) is 9.97. The minimum atomic E-state index is -0.770. The van der Waals surface area contributed by atoms with E-state index in [1.54, 1.807) is 0 Å². The molecule has 1 unspecified atom stereocenters. The van der Waals surface area contributed by atoms with E-state index in [4.69, 9.17) is 0 Å². The van der Waals surface area contributed by atoms with Gasteiger partial charge in [-0.3, -0.25) is 4.79 Å². The summed E-state index contributed by atoms with van der Waals surface area (Å²) in [5, 5.41) is 9.20. The van der Waals surface area contributed by atoms with Gasteiger partial charge in [-0.05, 0) is 29.5 Å². The van der Waals surface area contributed by atoms with Gasteiger partial charge in [0.15, 0.2) is 0 Å². The number of carboxylic acid groups (broad SMARTS) is 1. The Bertz CT molecular complexity index is 594. The first-order valence-electron chi connectivity index (χ1n) is 7.35. The summed E-state index contributed by atoms with van der Waals surface area (Å²) >= 11 is 0. The Morgan fingerprint density at radius 2 is 1.33 bits per heavy atom. The summed E-state index contributed by atoms with van der Waals surface area (Å²) in [4.78, 5) is 11.2. The molecule has 0 heterocycles. The Hall–Kier alpha value is -2.09. The van der Waals surface area contributed by atoms with Crippen LogP contribution in [0.25, 0.3) is 0 Å². The van der Waals surface area contributed by atoms with Gasteiger partial charge in [0, 0.05) is 5.92 Å². The van der Waals surface area contributed by atoms with Gasteiger partial charge in [-0.1, -0.05) is 67.9 Å². The largest absolute Gasteiger partial charge is 0.481 e. The molecule has 110 valence electrons. The maximum atomic E-state index is 11.2. The first-order valence-corrected chi connectivity index (χ1v) is 7.35. The molecule has 2 aromatic rings. The second kappa shape index (κ2) is 6.57. The molecule has 2 rings (SSSR count). The highest BCUT2D eigenvalue weighted by Gasteiger charge is 2.18. The lowest BCUT2D eigenvalue weighted by Gasteiger charge is -2.17. The van der Waals surface area contributed by atoms with E-state index >= 15 is 0 Å². The van der Waals surface area contributed by atoms with Gasteiger partial charge in [0.2, 0.25) is 0 Å². The Kier molecular flexibility index (Phi) is 4.79. The van der Waals surface area contributed by atoms with Crippen molar-refractivity contribution in [1.29, 1.82) is 0 Å². The van der Waals surface area contributed by atoms with Gasteiger partial charge in [-0.25, -0.2) is 0 Å². The zero-order valence-electron chi connectivity index (χ0n) is 12.8. The maximum Gasteiger partial charge on any atom is 0.304 e. The van der Waals surface area contributed by atoms with Crippen molar-refractivity contribution in [1.82, 2.24) is 0 Å². The molecule has 1 atom stereocenters. The number of aryl methyl sites for hydroxylation is 1. The summed E-state index contributed by atoms with van der Waals surface area (Å²) in [5.41, 5.74) is 4.57. The molecule has 0 aromatic heterocycles. The molecular weight excluding hydrogens is 260 g/mol. The number of benzene rings is 2. The van der Waals surface area contributed by atoms with Gasteiger partial charge in [0.25, 0.3) is 0 Å². The van der Waals surface area contributed by atoms with Crippen LogP contribution in [-0.4, -0.2) is 11.1 Å². The number of aliphatic carboxylic acids is 1. The normalized spacial score (nSPS) is 12.4. The number of hydrogen-bond acceptors (Lipinski definition) is 1. The van der Waals surface area contributed by atoms with Gasteiger partial charge in [0.1, 0.15) is 0 Å². The van der Waals surface area contributed by atoms with Gasteiger partial charge in [-0.15, -0.1) is 0 Å². The monoisotopic (exact) mass is 282 g/mol. The minimum Gasteiger partial charge on any atom is -0.481 e. The summed E-state index contributed by atoms with van der Waals surface area (Å²) in [7, 11) is 0. The van der Waals surface area contributed by atoms with Gasteiger partial charge in [-0.2, -0.15) is 0 Å². The lowest BCUT2D eigenvalue weighted by molar-refractivity contribution is -0.137. The van der Waals surface area contributed by atoms with Crippen molar-refractivity contribution < 1.29 is 9.90 Å². The van der Waals surface area contributed by atoms with Crippen molar-refractivity contribution in [2.45, 2.75) is 39.0 Å². The number of rotatable bonds is 5. The van der Waals surface area contributed by atoms with E-state index in [2.05, 4.69) is 38.1 Å². The molecule has 0 radical (unpaired) electrons. The fourth-order valence-electron chi connectivity index (χ4n) is 2.51. The highest BCUT2D eigenvalue weighted by Crippen LogP contribution is 2.29. The average Bonchev–Trinajstić information content (AvgIpc) is 2.46. The predicted molar refractivity (Wildman–Crippen MR) is 85.8 cm³/mol. The van der Waals surface area contributed by atoms with Crippen molar-refractivity contribution in [2.75, 3.05) is 0 Å². The van der Waals surface area contributed by atoms with Crippen molar-refractivity contribution in [2.24, 2.45) is 0 Å². The molecule has 21 heavy (non-hydrogen) atoms. The maximum absolute atomic E-state index is 11.2. The van der Waals surface area contributed by atoms with Crippen molar-refractivity contribution in [3.05, 3.63) is 70.8 Å². The van der Waals surface area contributed by atoms with E-state index < -0.39 is 5.97 Å². The van der Waals surface area contributed by atoms with Crippen LogP contribution in [0.15, 0.2) is 48.5 Å². The van der Waals surface area contributed by atoms with Crippen LogP contribution in [0.4, 0.5) is 0 Å². The fourth-order valence-corrected chi connectivity index (χ4v) is 2.51. The minimum absolute atomic E-state index is 0.0932. The summed E-state index contributed by atoms with van der Waals surface area (Å²) in [5.74, 6) is -0.380. The second-order valence-electron chi connectivity index (χ2n) is 5.88. The first kappa shape index (κ1) is 15.3. The molecule has 0 bridgehead atoms. The average molecular weight is 282 g/mol. The highest BCUT2D eigenvalue weighted by molar-refractivity contribution is 5.69. The van der Waals surface area contributed by atoms with Crippen LogP contribution >= 0.6 is 0 Å². The van der Waals surface area contributed by atoms with E-state index in [1.807, 2.05) is 31.2 Å². The molecule has 0 spiro atoms. The standard InChI is InChI=1S/C19H22O2/c1-13(2)15-8-10-17(11-9-15)18(12-19(20)21)16-6-4-14(3)5-7-16/h4-11,13,18H,12H2,1-3H3,(H,20,21). The zero-order chi connectivity index (χ0) is 15.4. The molecule has 0 saturated heterocycles. The fraction of sp³-hybridized carbons (Fsp3) is 0.316. The SMILES string of the molecule is Cc1ccc(C(CC(=O)O)c2ccc(C(C)C)cc2)cc1. The highest BCUT2D eigenvalue weighted by atomic mass is 16.4. The summed E-state index contributed by atoms with van der Waals surface area (Å²) in [6.07, 6.45) is 0.115. The third kappa shape index (κ3) is 3.94. The van der Waals surface area contributed by atoms with Gasteiger partial charge < -0.3 is 5.11 Å². The smallest absolute Gasteiger partial charge is 0.304 e. The molecule has 0 aliphatic heterocycles. The van der Waals surface area contributed by atoms with Crippen molar-refractivity contribution in [3.63, 3.8) is 0 Å². The van der Waals surface area contributed by atoms with Gasteiger partial charge in [0.05, 0.1) is 6.42 Å². The summed E-state index contributed by atoms with van der Waals surface area (Å²) in [6, 6.07) is 16.4. The summed E-state index contributed by atoms with van der Waals surface area (Å²) in [6.45, 7) is 6.35. The molecular formula is C19H22O2. The predicted octanol–water partition coefficient (Wildman–Crippen LogP) is 4.73. The third-order valence-electron chi connectivity index (χ3n) is 3.86. The molecule has 2 heteroatoms. The second-order valence-corrected chi connectivity index (χ2v) is 5.88. The number of hydrogen-bond donors (Lipinski definition) is 1. The van der Waals surface area contributed by atoms with Crippen LogP contribution in [0.1, 0.15) is 54.4 Å². The molecule has 2 aromatic carbocycles. The lowest BCUT2D eigenvalue weighted by atomic mass is 9.87. The molecule has 2 nitrogen and oxygen atoms in total. The molecule has 0 fully saturated rings. The Morgan fingerprint density at radius 1 is 0.905 bits per heavy atom. The topological polar surface area (TPSA) is 37.3 Å². The number of carboxylic acids is 1. The molecule has 0 amide bonds. The van der Waals surface area contributed by atoms with Crippen LogP contribution in [0, 0.1) is 6.92 Å². The van der Waals surface area contributed by atoms with Crippen LogP contribution in [0.5, 0.6) is 0 Å². The van der Waals surface area contributed by atoms with E-state index in [9.17, 15) is 9.90 Å². The van der Waals surface area contributed by atoms with Crippen LogP contribution in [0.3, 0.4) is 0 Å². The lowest BCUT2D eigenvalue weighted by Crippen LogP contribution is -2.08.